The van der Waals surface area contributed by atoms with Crippen LogP contribution in [0.5, 0.6) is 0 Å². The van der Waals surface area contributed by atoms with Crippen molar-refractivity contribution < 1.29 is 0 Å². The Morgan fingerprint density at radius 2 is 0.643 bits per heavy atom. The molecule has 0 radical (unpaired) electrons. The van der Waals surface area contributed by atoms with Gasteiger partial charge in [0.05, 0.1) is 22.1 Å². The van der Waals surface area contributed by atoms with Crippen LogP contribution >= 0.6 is 0 Å². The van der Waals surface area contributed by atoms with Crippen LogP contribution < -0.4 is 0 Å². The molecular formula is C54H42N2. The first-order chi connectivity index (χ1) is 27.4. The van der Waals surface area contributed by atoms with Crippen LogP contribution in [0.4, 0.5) is 0 Å². The van der Waals surface area contributed by atoms with Gasteiger partial charge in [-0.3, -0.25) is 0 Å². The summed E-state index contributed by atoms with van der Waals surface area (Å²) in [5.74, 6) is 0. The summed E-state index contributed by atoms with van der Waals surface area (Å²) in [6.07, 6.45) is 4.40. The monoisotopic (exact) mass is 718 g/mol. The van der Waals surface area contributed by atoms with Crippen molar-refractivity contribution >= 4 is 55.8 Å². The number of fused-ring (bicyclic) bond motifs is 6. The van der Waals surface area contributed by atoms with Crippen molar-refractivity contribution in [2.24, 2.45) is 0 Å². The highest BCUT2D eigenvalue weighted by atomic mass is 15.0. The molecule has 0 bridgehead atoms. The molecule has 2 heterocycles. The van der Waals surface area contributed by atoms with E-state index < -0.39 is 0 Å². The summed E-state index contributed by atoms with van der Waals surface area (Å²) >= 11 is 0. The van der Waals surface area contributed by atoms with Gasteiger partial charge in [0.2, 0.25) is 0 Å². The third-order valence-corrected chi connectivity index (χ3v) is 11.2. The Hall–Kier alpha value is -6.90. The molecule has 0 aliphatic carbocycles. The molecule has 0 amide bonds. The van der Waals surface area contributed by atoms with Crippen LogP contribution in [0.3, 0.4) is 0 Å². The third kappa shape index (κ3) is 5.91. The van der Waals surface area contributed by atoms with Gasteiger partial charge in [0.1, 0.15) is 0 Å². The van der Waals surface area contributed by atoms with E-state index in [4.69, 9.17) is 0 Å². The van der Waals surface area contributed by atoms with Gasteiger partial charge >= 0.3 is 0 Å². The highest BCUT2D eigenvalue weighted by Gasteiger charge is 2.15. The van der Waals surface area contributed by atoms with Crippen LogP contribution in [-0.2, 0) is 0 Å². The lowest BCUT2D eigenvalue weighted by Crippen LogP contribution is -1.95. The lowest BCUT2D eigenvalue weighted by atomic mass is 10.00. The van der Waals surface area contributed by atoms with Crippen LogP contribution in [0.25, 0.3) is 89.4 Å². The molecule has 0 spiro atoms. The van der Waals surface area contributed by atoms with Gasteiger partial charge in [-0.25, -0.2) is 0 Å². The molecule has 2 heteroatoms. The summed E-state index contributed by atoms with van der Waals surface area (Å²) in [5.41, 5.74) is 19.7. The van der Waals surface area contributed by atoms with E-state index >= 15 is 0 Å². The molecular weight excluding hydrogens is 677 g/mol. The molecule has 0 fully saturated rings. The second kappa shape index (κ2) is 13.4. The van der Waals surface area contributed by atoms with Crippen LogP contribution in [-0.4, -0.2) is 9.13 Å². The van der Waals surface area contributed by atoms with E-state index in [-0.39, 0.29) is 0 Å². The number of hydrogen-bond donors (Lipinski definition) is 0. The van der Waals surface area contributed by atoms with Crippen molar-refractivity contribution in [1.82, 2.24) is 9.13 Å². The first-order valence-corrected chi connectivity index (χ1v) is 19.5. The van der Waals surface area contributed by atoms with Crippen molar-refractivity contribution in [1.29, 1.82) is 0 Å². The highest BCUT2D eigenvalue weighted by Crippen LogP contribution is 2.37. The Balaban J connectivity index is 0.908. The smallest absolute Gasteiger partial charge is 0.0541 e. The Morgan fingerprint density at radius 3 is 1.04 bits per heavy atom. The summed E-state index contributed by atoms with van der Waals surface area (Å²) < 4.78 is 4.81. The van der Waals surface area contributed by atoms with Crippen molar-refractivity contribution in [2.75, 3.05) is 0 Å². The number of aryl methyl sites for hydroxylation is 4. The first kappa shape index (κ1) is 33.7. The molecule has 0 N–H and O–H groups in total. The number of rotatable bonds is 6. The second-order valence-electron chi connectivity index (χ2n) is 15.4. The molecule has 0 aliphatic rings. The molecule has 10 aromatic rings. The van der Waals surface area contributed by atoms with E-state index in [1.54, 1.807) is 0 Å². The third-order valence-electron chi connectivity index (χ3n) is 11.2. The molecule has 0 unspecified atom stereocenters. The molecule has 2 aromatic heterocycles. The molecule has 268 valence electrons. The Labute approximate surface area is 328 Å². The van der Waals surface area contributed by atoms with Crippen LogP contribution in [0.2, 0.25) is 0 Å². The molecule has 56 heavy (non-hydrogen) atoms. The molecule has 0 atom stereocenters. The molecule has 0 saturated heterocycles. The lowest BCUT2D eigenvalue weighted by molar-refractivity contribution is 1.16. The lowest BCUT2D eigenvalue weighted by Gasteiger charge is -2.11. The average molecular weight is 719 g/mol. The predicted molar refractivity (Wildman–Crippen MR) is 240 cm³/mol. The minimum atomic E-state index is 1.18. The number of nitrogens with zero attached hydrogens (tertiary/aromatic N) is 2. The van der Waals surface area contributed by atoms with Gasteiger partial charge in [-0.1, -0.05) is 121 Å². The number of para-hydroxylation sites is 2. The number of benzene rings is 8. The maximum absolute atomic E-state index is 2.40. The van der Waals surface area contributed by atoms with Crippen molar-refractivity contribution in [3.05, 3.63) is 203 Å². The van der Waals surface area contributed by atoms with E-state index in [0.717, 1.165) is 0 Å². The van der Waals surface area contributed by atoms with Gasteiger partial charge in [-0.05, 0) is 144 Å². The number of aromatic nitrogens is 2. The Kier molecular flexibility index (Phi) is 8.08. The fraction of sp³-hybridized carbons (Fsp3) is 0.0741. The largest absolute Gasteiger partial charge is 0.309 e. The zero-order chi connectivity index (χ0) is 37.9. The maximum Gasteiger partial charge on any atom is 0.0541 e. The standard InChI is InChI=1S/C54H42N2/c1-35-27-36(2)30-45(29-35)55-51-11-7-5-9-47(51)49-33-43(23-25-53(49)55)41-19-15-39(16-20-41)13-14-40-17-21-42(22-18-40)44-24-26-54-50(34-44)48-10-6-8-12-52(48)56(54)46-31-37(3)28-38(4)32-46/h5-34H,1-4H3. The highest BCUT2D eigenvalue weighted by molar-refractivity contribution is 6.11. The zero-order valence-electron chi connectivity index (χ0n) is 32.2. The normalized spacial score (nSPS) is 11.9. The summed E-state index contributed by atoms with van der Waals surface area (Å²) in [6.45, 7) is 8.69. The van der Waals surface area contributed by atoms with Crippen LogP contribution in [0.1, 0.15) is 33.4 Å². The van der Waals surface area contributed by atoms with Gasteiger partial charge in [0.15, 0.2) is 0 Å². The van der Waals surface area contributed by atoms with Crippen molar-refractivity contribution in [3.63, 3.8) is 0 Å². The summed E-state index contributed by atoms with van der Waals surface area (Å²) in [6, 6.07) is 62.7. The van der Waals surface area contributed by atoms with E-state index in [1.165, 1.54) is 111 Å². The molecule has 8 aromatic carbocycles. The van der Waals surface area contributed by atoms with Gasteiger partial charge in [-0.15, -0.1) is 0 Å². The SMILES string of the molecule is Cc1cc(C)cc(-n2c3ccccc3c3cc(-c4ccc(C=Cc5ccc(-c6ccc7c(c6)c6ccccc6n7-c6cc(C)cc(C)c6)cc5)cc4)ccc32)c1. The molecule has 0 saturated carbocycles. The van der Waals surface area contributed by atoms with Crippen LogP contribution in [0, 0.1) is 27.7 Å². The molecule has 0 aliphatic heterocycles. The fourth-order valence-corrected chi connectivity index (χ4v) is 8.79. The van der Waals surface area contributed by atoms with E-state index in [9.17, 15) is 0 Å². The Bertz CT molecular complexity index is 2890. The van der Waals surface area contributed by atoms with E-state index in [0.29, 0.717) is 0 Å². The fourth-order valence-electron chi connectivity index (χ4n) is 8.79. The molecule has 2 nitrogen and oxygen atoms in total. The van der Waals surface area contributed by atoms with E-state index in [2.05, 4.69) is 219 Å². The average Bonchev–Trinajstić information content (AvgIpc) is 3.72. The van der Waals surface area contributed by atoms with Gasteiger partial charge in [0.25, 0.3) is 0 Å². The maximum atomic E-state index is 2.40. The van der Waals surface area contributed by atoms with Gasteiger partial charge in [0, 0.05) is 32.9 Å². The van der Waals surface area contributed by atoms with E-state index in [1.807, 2.05) is 0 Å². The minimum absolute atomic E-state index is 1.18. The second-order valence-corrected chi connectivity index (χ2v) is 15.4. The quantitative estimate of drug-likeness (QED) is 0.152. The predicted octanol–water partition coefficient (Wildman–Crippen LogP) is 14.6. The minimum Gasteiger partial charge on any atom is -0.309 e. The number of hydrogen-bond acceptors (Lipinski definition) is 0. The molecule has 10 rings (SSSR count). The van der Waals surface area contributed by atoms with Crippen LogP contribution in [0.15, 0.2) is 170 Å². The van der Waals surface area contributed by atoms with Crippen molar-refractivity contribution in [3.8, 4) is 33.6 Å². The zero-order valence-corrected chi connectivity index (χ0v) is 32.2. The van der Waals surface area contributed by atoms with Gasteiger partial charge < -0.3 is 9.13 Å². The first-order valence-electron chi connectivity index (χ1n) is 19.5. The Morgan fingerprint density at radius 1 is 0.304 bits per heavy atom. The van der Waals surface area contributed by atoms with Crippen molar-refractivity contribution in [2.45, 2.75) is 27.7 Å². The topological polar surface area (TPSA) is 9.86 Å². The van der Waals surface area contributed by atoms with Gasteiger partial charge in [-0.2, -0.15) is 0 Å². The summed E-state index contributed by atoms with van der Waals surface area (Å²) in [4.78, 5) is 0. The summed E-state index contributed by atoms with van der Waals surface area (Å²) in [7, 11) is 0. The summed E-state index contributed by atoms with van der Waals surface area (Å²) in [5, 5.41) is 5.09.